The van der Waals surface area contributed by atoms with E-state index in [0.29, 0.717) is 0 Å². The third-order valence-corrected chi connectivity index (χ3v) is 1.09. The van der Waals surface area contributed by atoms with Crippen LogP contribution in [0.3, 0.4) is 0 Å². The van der Waals surface area contributed by atoms with Crippen molar-refractivity contribution in [3.05, 3.63) is 11.9 Å². The Morgan fingerprint density at radius 1 is 1.78 bits per heavy atom. The Labute approximate surface area is 53.7 Å². The maximum Gasteiger partial charge on any atom is 0.0991 e. The van der Waals surface area contributed by atoms with Gasteiger partial charge in [0.2, 0.25) is 0 Å². The van der Waals surface area contributed by atoms with Crippen LogP contribution < -0.4 is 5.73 Å². The third kappa shape index (κ3) is 1.26. The number of rotatable bonds is 1. The SMILES string of the molecule is CC(N)c1cn(C)nn1. The topological polar surface area (TPSA) is 56.7 Å². The highest BCUT2D eigenvalue weighted by Gasteiger charge is 2.01. The molecule has 0 bridgehead atoms. The van der Waals surface area contributed by atoms with Crippen molar-refractivity contribution in [1.29, 1.82) is 0 Å². The van der Waals surface area contributed by atoms with Gasteiger partial charge in [-0.25, -0.2) is 0 Å². The van der Waals surface area contributed by atoms with Crippen LogP contribution in [0.5, 0.6) is 0 Å². The maximum atomic E-state index is 5.51. The summed E-state index contributed by atoms with van der Waals surface area (Å²) in [5.74, 6) is 0. The quantitative estimate of drug-likeness (QED) is 0.568. The lowest BCUT2D eigenvalue weighted by Crippen LogP contribution is -2.04. The van der Waals surface area contributed by atoms with E-state index in [0.717, 1.165) is 5.69 Å². The minimum absolute atomic E-state index is 0.0151. The monoisotopic (exact) mass is 126 g/mol. The van der Waals surface area contributed by atoms with E-state index in [9.17, 15) is 0 Å². The molecule has 50 valence electrons. The number of hydrogen-bond donors (Lipinski definition) is 1. The van der Waals surface area contributed by atoms with Gasteiger partial charge in [-0.05, 0) is 6.92 Å². The van der Waals surface area contributed by atoms with Gasteiger partial charge in [-0.2, -0.15) is 0 Å². The second-order valence-electron chi connectivity index (χ2n) is 2.11. The fraction of sp³-hybridized carbons (Fsp3) is 0.600. The maximum absolute atomic E-state index is 5.51. The minimum Gasteiger partial charge on any atom is -0.323 e. The van der Waals surface area contributed by atoms with E-state index in [1.807, 2.05) is 20.2 Å². The van der Waals surface area contributed by atoms with Crippen molar-refractivity contribution in [2.75, 3.05) is 0 Å². The van der Waals surface area contributed by atoms with Gasteiger partial charge >= 0.3 is 0 Å². The highest BCUT2D eigenvalue weighted by molar-refractivity contribution is 4.96. The first-order valence-corrected chi connectivity index (χ1v) is 2.82. The third-order valence-electron chi connectivity index (χ3n) is 1.09. The molecule has 0 spiro atoms. The molecule has 1 rings (SSSR count). The lowest BCUT2D eigenvalue weighted by atomic mass is 10.3. The Balaban J connectivity index is 2.85. The van der Waals surface area contributed by atoms with Gasteiger partial charge in [0.25, 0.3) is 0 Å². The lowest BCUT2D eigenvalue weighted by Gasteiger charge is -1.94. The van der Waals surface area contributed by atoms with Gasteiger partial charge in [0.05, 0.1) is 5.69 Å². The van der Waals surface area contributed by atoms with Gasteiger partial charge in [0.15, 0.2) is 0 Å². The van der Waals surface area contributed by atoms with Crippen LogP contribution in [0.1, 0.15) is 18.7 Å². The van der Waals surface area contributed by atoms with E-state index in [2.05, 4.69) is 10.3 Å². The van der Waals surface area contributed by atoms with Crippen LogP contribution in [0.25, 0.3) is 0 Å². The molecule has 0 aliphatic heterocycles. The van der Waals surface area contributed by atoms with Gasteiger partial charge in [0, 0.05) is 19.3 Å². The molecule has 1 atom stereocenters. The van der Waals surface area contributed by atoms with Crippen LogP contribution in [0, 0.1) is 0 Å². The highest BCUT2D eigenvalue weighted by Crippen LogP contribution is 2.01. The fourth-order valence-electron chi connectivity index (χ4n) is 0.574. The first-order chi connectivity index (χ1) is 4.20. The lowest BCUT2D eigenvalue weighted by molar-refractivity contribution is 0.708. The average Bonchev–Trinajstić information content (AvgIpc) is 2.14. The number of hydrogen-bond acceptors (Lipinski definition) is 3. The first kappa shape index (κ1) is 6.22. The first-order valence-electron chi connectivity index (χ1n) is 2.82. The van der Waals surface area contributed by atoms with Crippen molar-refractivity contribution < 1.29 is 0 Å². The van der Waals surface area contributed by atoms with Crippen molar-refractivity contribution in [3.63, 3.8) is 0 Å². The number of nitrogens with two attached hydrogens (primary N) is 1. The summed E-state index contributed by atoms with van der Waals surface area (Å²) < 4.78 is 1.64. The van der Waals surface area contributed by atoms with Crippen molar-refractivity contribution in [2.45, 2.75) is 13.0 Å². The summed E-state index contributed by atoms with van der Waals surface area (Å²) >= 11 is 0. The molecule has 1 aromatic rings. The number of nitrogens with zero attached hydrogens (tertiary/aromatic N) is 3. The molecule has 0 aliphatic rings. The van der Waals surface area contributed by atoms with Crippen molar-refractivity contribution >= 4 is 0 Å². The second kappa shape index (κ2) is 2.14. The Bertz CT molecular complexity index is 191. The van der Waals surface area contributed by atoms with Crippen LogP contribution in [-0.2, 0) is 7.05 Å². The highest BCUT2D eigenvalue weighted by atomic mass is 15.4. The fourth-order valence-corrected chi connectivity index (χ4v) is 0.574. The molecule has 1 heterocycles. The molecule has 0 radical (unpaired) electrons. The molecule has 0 saturated carbocycles. The zero-order valence-corrected chi connectivity index (χ0v) is 5.57. The standard InChI is InChI=1S/C5H10N4/c1-4(6)5-3-9(2)8-7-5/h3-4H,6H2,1-2H3. The Morgan fingerprint density at radius 3 is 2.67 bits per heavy atom. The van der Waals surface area contributed by atoms with E-state index in [-0.39, 0.29) is 6.04 Å². The van der Waals surface area contributed by atoms with Gasteiger partial charge in [-0.15, -0.1) is 5.10 Å². The molecule has 0 aliphatic carbocycles. The number of aryl methyl sites for hydroxylation is 1. The zero-order chi connectivity index (χ0) is 6.85. The molecule has 4 nitrogen and oxygen atoms in total. The summed E-state index contributed by atoms with van der Waals surface area (Å²) in [6.45, 7) is 1.88. The molecule has 4 heteroatoms. The Kier molecular flexibility index (Phi) is 1.48. The zero-order valence-electron chi connectivity index (χ0n) is 5.57. The molecule has 0 fully saturated rings. The molecule has 0 saturated heterocycles. The van der Waals surface area contributed by atoms with Crippen LogP contribution in [-0.4, -0.2) is 15.0 Å². The predicted molar refractivity (Wildman–Crippen MR) is 33.6 cm³/mol. The molecule has 0 amide bonds. The molecule has 1 aromatic heterocycles. The summed E-state index contributed by atoms with van der Waals surface area (Å²) in [6.07, 6.45) is 1.81. The normalized spacial score (nSPS) is 13.7. The Hall–Kier alpha value is -0.900. The summed E-state index contributed by atoms with van der Waals surface area (Å²) in [4.78, 5) is 0. The van der Waals surface area contributed by atoms with E-state index < -0.39 is 0 Å². The van der Waals surface area contributed by atoms with E-state index in [1.54, 1.807) is 4.68 Å². The van der Waals surface area contributed by atoms with Gasteiger partial charge in [0.1, 0.15) is 0 Å². The minimum atomic E-state index is -0.0151. The molecule has 1 unspecified atom stereocenters. The van der Waals surface area contributed by atoms with Gasteiger partial charge in [-0.3, -0.25) is 4.68 Å². The number of aromatic nitrogens is 3. The molecular formula is C5H10N4. The smallest absolute Gasteiger partial charge is 0.0991 e. The van der Waals surface area contributed by atoms with Gasteiger partial charge < -0.3 is 5.73 Å². The van der Waals surface area contributed by atoms with Crippen molar-refractivity contribution in [3.8, 4) is 0 Å². The van der Waals surface area contributed by atoms with Crippen LogP contribution in [0.15, 0.2) is 6.20 Å². The van der Waals surface area contributed by atoms with E-state index in [4.69, 9.17) is 5.73 Å². The molecule has 9 heavy (non-hydrogen) atoms. The molecular weight excluding hydrogens is 116 g/mol. The summed E-state index contributed by atoms with van der Waals surface area (Å²) in [6, 6.07) is -0.0151. The molecule has 2 N–H and O–H groups in total. The average molecular weight is 126 g/mol. The van der Waals surface area contributed by atoms with E-state index in [1.165, 1.54) is 0 Å². The largest absolute Gasteiger partial charge is 0.323 e. The van der Waals surface area contributed by atoms with E-state index >= 15 is 0 Å². The van der Waals surface area contributed by atoms with Crippen LogP contribution >= 0.6 is 0 Å². The summed E-state index contributed by atoms with van der Waals surface area (Å²) in [5, 5.41) is 7.53. The molecule has 0 aromatic carbocycles. The summed E-state index contributed by atoms with van der Waals surface area (Å²) in [7, 11) is 1.82. The predicted octanol–water partition coefficient (Wildman–Crippen LogP) is -0.165. The van der Waals surface area contributed by atoms with Crippen molar-refractivity contribution in [2.24, 2.45) is 12.8 Å². The van der Waals surface area contributed by atoms with Crippen molar-refractivity contribution in [1.82, 2.24) is 15.0 Å². The summed E-state index contributed by atoms with van der Waals surface area (Å²) in [5.41, 5.74) is 6.34. The van der Waals surface area contributed by atoms with Crippen LogP contribution in [0.4, 0.5) is 0 Å². The Morgan fingerprint density at radius 2 is 2.44 bits per heavy atom. The second-order valence-corrected chi connectivity index (χ2v) is 2.11. The van der Waals surface area contributed by atoms with Crippen LogP contribution in [0.2, 0.25) is 0 Å². The van der Waals surface area contributed by atoms with Gasteiger partial charge in [-0.1, -0.05) is 5.21 Å².